The second-order valence-electron chi connectivity index (χ2n) is 6.74. The van der Waals surface area contributed by atoms with Crippen LogP contribution in [0.2, 0.25) is 0 Å². The average Bonchev–Trinajstić information content (AvgIpc) is 2.79. The van der Waals surface area contributed by atoms with Gasteiger partial charge in [0.05, 0.1) is 5.69 Å². The number of rotatable bonds is 2. The Bertz CT molecular complexity index is 828. The van der Waals surface area contributed by atoms with Crippen LogP contribution in [0, 0.1) is 18.6 Å². The fourth-order valence-electron chi connectivity index (χ4n) is 4.08. The lowest BCUT2D eigenvalue weighted by Crippen LogP contribution is -2.36. The molecule has 2 atom stereocenters. The zero-order valence-electron chi connectivity index (χ0n) is 13.5. The van der Waals surface area contributed by atoms with Crippen LogP contribution in [0.1, 0.15) is 35.5 Å². The van der Waals surface area contributed by atoms with Crippen LogP contribution in [-0.4, -0.2) is 27.0 Å². The Balaban J connectivity index is 1.68. The number of benzene rings is 1. The van der Waals surface area contributed by atoms with Crippen molar-refractivity contribution in [2.24, 2.45) is 0 Å². The summed E-state index contributed by atoms with van der Waals surface area (Å²) in [5.41, 5.74) is 1.59. The first kappa shape index (κ1) is 15.4. The Kier molecular flexibility index (Phi) is 3.72. The molecular formula is C18H19F2N3O. The van der Waals surface area contributed by atoms with Crippen molar-refractivity contribution in [3.63, 3.8) is 0 Å². The van der Waals surface area contributed by atoms with Crippen LogP contribution in [-0.2, 0) is 19.4 Å². The molecule has 1 N–H and O–H groups in total. The summed E-state index contributed by atoms with van der Waals surface area (Å²) in [4.78, 5) is 21.7. The van der Waals surface area contributed by atoms with Gasteiger partial charge in [0.2, 0.25) is 0 Å². The molecule has 24 heavy (non-hydrogen) atoms. The molecule has 2 aliphatic rings. The molecule has 2 aromatic rings. The van der Waals surface area contributed by atoms with E-state index < -0.39 is 11.6 Å². The van der Waals surface area contributed by atoms with Crippen molar-refractivity contribution in [3.05, 3.63) is 62.8 Å². The summed E-state index contributed by atoms with van der Waals surface area (Å²) in [5.74, 6) is -0.408. The van der Waals surface area contributed by atoms with Gasteiger partial charge in [-0.2, -0.15) is 0 Å². The van der Waals surface area contributed by atoms with Crippen molar-refractivity contribution in [3.8, 4) is 0 Å². The molecule has 4 nitrogen and oxygen atoms in total. The smallest absolute Gasteiger partial charge is 0.254 e. The van der Waals surface area contributed by atoms with Crippen molar-refractivity contribution < 1.29 is 8.78 Å². The van der Waals surface area contributed by atoms with E-state index in [1.807, 2.05) is 0 Å². The second kappa shape index (κ2) is 5.77. The third kappa shape index (κ3) is 2.55. The molecule has 2 aliphatic heterocycles. The summed E-state index contributed by atoms with van der Waals surface area (Å²) in [6.45, 7) is 2.01. The minimum Gasteiger partial charge on any atom is -0.311 e. The van der Waals surface area contributed by atoms with Crippen LogP contribution in [0.4, 0.5) is 8.78 Å². The Morgan fingerprint density at radius 2 is 1.88 bits per heavy atom. The molecule has 0 saturated carbocycles. The number of nitrogens with zero attached hydrogens (tertiary/aromatic N) is 2. The number of fused-ring (bicyclic) bond motifs is 3. The Morgan fingerprint density at radius 3 is 2.58 bits per heavy atom. The summed E-state index contributed by atoms with van der Waals surface area (Å²) >= 11 is 0. The predicted molar refractivity (Wildman–Crippen MR) is 85.7 cm³/mol. The van der Waals surface area contributed by atoms with Crippen LogP contribution in [0.5, 0.6) is 0 Å². The van der Waals surface area contributed by atoms with E-state index in [9.17, 15) is 13.6 Å². The largest absolute Gasteiger partial charge is 0.311 e. The van der Waals surface area contributed by atoms with Gasteiger partial charge in [-0.15, -0.1) is 0 Å². The van der Waals surface area contributed by atoms with E-state index in [0.717, 1.165) is 24.1 Å². The lowest BCUT2D eigenvalue weighted by molar-refractivity contribution is 0.182. The van der Waals surface area contributed by atoms with E-state index in [4.69, 9.17) is 0 Å². The monoisotopic (exact) mass is 331 g/mol. The van der Waals surface area contributed by atoms with E-state index in [1.54, 1.807) is 6.92 Å². The molecule has 3 heterocycles. The summed E-state index contributed by atoms with van der Waals surface area (Å²) in [6, 6.07) is 4.27. The van der Waals surface area contributed by atoms with Gasteiger partial charge in [0.25, 0.3) is 5.56 Å². The van der Waals surface area contributed by atoms with Crippen molar-refractivity contribution >= 4 is 0 Å². The minimum atomic E-state index is -0.511. The fraction of sp³-hybridized carbons (Fsp3) is 0.444. The van der Waals surface area contributed by atoms with Gasteiger partial charge >= 0.3 is 0 Å². The zero-order chi connectivity index (χ0) is 16.8. The highest BCUT2D eigenvalue weighted by molar-refractivity contribution is 5.25. The predicted octanol–water partition coefficient (Wildman–Crippen LogP) is 2.49. The maximum atomic E-state index is 14.0. The summed E-state index contributed by atoms with van der Waals surface area (Å²) in [5, 5.41) is 0. The molecule has 2 bridgehead atoms. The highest BCUT2D eigenvalue weighted by atomic mass is 19.1. The molecule has 6 heteroatoms. The molecule has 126 valence electrons. The van der Waals surface area contributed by atoms with Gasteiger partial charge in [-0.1, -0.05) is 6.07 Å². The summed E-state index contributed by atoms with van der Waals surface area (Å²) in [6.07, 6.45) is 3.15. The van der Waals surface area contributed by atoms with E-state index in [2.05, 4.69) is 14.9 Å². The molecule has 0 spiro atoms. The van der Waals surface area contributed by atoms with E-state index >= 15 is 0 Å². The number of aromatic amines is 1. The average molecular weight is 331 g/mol. The quantitative estimate of drug-likeness (QED) is 0.920. The number of hydrogen-bond acceptors (Lipinski definition) is 3. The lowest BCUT2D eigenvalue weighted by atomic mass is 9.98. The maximum Gasteiger partial charge on any atom is 0.254 e. The van der Waals surface area contributed by atoms with Gasteiger partial charge in [-0.25, -0.2) is 13.8 Å². The summed E-state index contributed by atoms with van der Waals surface area (Å²) < 4.78 is 28.1. The highest BCUT2D eigenvalue weighted by Crippen LogP contribution is 2.34. The van der Waals surface area contributed by atoms with Crippen LogP contribution >= 0.6 is 0 Å². The van der Waals surface area contributed by atoms with E-state index in [0.29, 0.717) is 18.7 Å². The normalized spacial score (nSPS) is 23.1. The Morgan fingerprint density at radius 1 is 1.21 bits per heavy atom. The number of halogens is 2. The lowest BCUT2D eigenvalue weighted by Gasteiger charge is -2.28. The molecule has 1 saturated heterocycles. The van der Waals surface area contributed by atoms with Crippen molar-refractivity contribution in [2.45, 2.75) is 51.2 Å². The fourth-order valence-corrected chi connectivity index (χ4v) is 4.08. The first-order valence-electron chi connectivity index (χ1n) is 8.30. The molecule has 0 amide bonds. The number of hydrogen-bond donors (Lipinski definition) is 1. The van der Waals surface area contributed by atoms with Crippen LogP contribution in [0.3, 0.4) is 0 Å². The van der Waals surface area contributed by atoms with Gasteiger partial charge < -0.3 is 4.98 Å². The Labute approximate surface area is 138 Å². The SMILES string of the molecule is Cc1nc2c(c(=O)[nH]1)C[C@H]1CC[C@H](C2)N1Cc1c(F)cccc1F. The number of aryl methyl sites for hydroxylation is 1. The van der Waals surface area contributed by atoms with Crippen LogP contribution in [0.25, 0.3) is 0 Å². The van der Waals surface area contributed by atoms with Gasteiger partial charge in [0.15, 0.2) is 0 Å². The standard InChI is InChI=1S/C18H19F2N3O/c1-10-21-17-8-12-6-5-11(7-13(17)18(24)22-10)23(12)9-14-15(19)3-2-4-16(14)20/h2-4,11-12H,5-9H2,1H3,(H,21,22,24)/t11-,12-/m1/s1. The van der Waals surface area contributed by atoms with Gasteiger partial charge in [0, 0.05) is 36.2 Å². The molecule has 0 aliphatic carbocycles. The maximum absolute atomic E-state index is 14.0. The summed E-state index contributed by atoms with van der Waals surface area (Å²) in [7, 11) is 0. The first-order valence-corrected chi connectivity index (χ1v) is 8.30. The number of aromatic nitrogens is 2. The molecule has 1 aromatic carbocycles. The zero-order valence-corrected chi connectivity index (χ0v) is 13.5. The number of nitrogens with one attached hydrogen (secondary N) is 1. The van der Waals surface area contributed by atoms with Crippen molar-refractivity contribution in [1.82, 2.24) is 14.9 Å². The highest BCUT2D eigenvalue weighted by Gasteiger charge is 2.38. The Hall–Kier alpha value is -2.08. The second-order valence-corrected chi connectivity index (χ2v) is 6.74. The molecule has 1 fully saturated rings. The number of H-pyrrole nitrogens is 1. The van der Waals surface area contributed by atoms with Crippen LogP contribution in [0.15, 0.2) is 23.0 Å². The van der Waals surface area contributed by atoms with E-state index in [1.165, 1.54) is 18.2 Å². The first-order chi connectivity index (χ1) is 11.5. The van der Waals surface area contributed by atoms with E-state index in [-0.39, 0.29) is 29.8 Å². The van der Waals surface area contributed by atoms with Gasteiger partial charge in [-0.05, 0) is 38.3 Å². The topological polar surface area (TPSA) is 49.0 Å². The molecule has 0 unspecified atom stereocenters. The molecule has 1 aromatic heterocycles. The van der Waals surface area contributed by atoms with Gasteiger partial charge in [-0.3, -0.25) is 9.69 Å². The van der Waals surface area contributed by atoms with Crippen LogP contribution < -0.4 is 5.56 Å². The molecule has 4 rings (SSSR count). The third-order valence-electron chi connectivity index (χ3n) is 5.26. The minimum absolute atomic E-state index is 0.0814. The molecular weight excluding hydrogens is 312 g/mol. The third-order valence-corrected chi connectivity index (χ3v) is 5.26. The van der Waals surface area contributed by atoms with Gasteiger partial charge in [0.1, 0.15) is 17.5 Å². The molecule has 0 radical (unpaired) electrons. The van der Waals surface area contributed by atoms with Crippen molar-refractivity contribution in [1.29, 1.82) is 0 Å². The van der Waals surface area contributed by atoms with Crippen molar-refractivity contribution in [2.75, 3.05) is 0 Å².